The molecule has 4 unspecified atom stereocenters. The maximum Gasteiger partial charge on any atom is 0.168 e. The van der Waals surface area contributed by atoms with Crippen molar-refractivity contribution in [2.75, 3.05) is 39.6 Å². The molecule has 0 amide bonds. The van der Waals surface area contributed by atoms with Gasteiger partial charge in [0.1, 0.15) is 23.0 Å². The van der Waals surface area contributed by atoms with Crippen molar-refractivity contribution < 1.29 is 28.4 Å². The van der Waals surface area contributed by atoms with Crippen LogP contribution in [0.5, 0.6) is 11.5 Å². The predicted octanol–water partition coefficient (Wildman–Crippen LogP) is 8.13. The third-order valence-electron chi connectivity index (χ3n) is 7.91. The van der Waals surface area contributed by atoms with Crippen LogP contribution in [0.3, 0.4) is 0 Å². The Morgan fingerprint density at radius 3 is 1.18 bits per heavy atom. The van der Waals surface area contributed by atoms with Gasteiger partial charge in [0.25, 0.3) is 0 Å². The lowest BCUT2D eigenvalue weighted by Gasteiger charge is -2.33. The number of rotatable bonds is 15. The van der Waals surface area contributed by atoms with Crippen molar-refractivity contribution in [2.24, 2.45) is 11.8 Å². The Morgan fingerprint density at radius 2 is 0.850 bits per heavy atom. The van der Waals surface area contributed by atoms with Crippen molar-refractivity contribution in [1.29, 1.82) is 0 Å². The van der Waals surface area contributed by atoms with Crippen LogP contribution in [0.25, 0.3) is 11.5 Å². The fraction of sp³-hybridized carbons (Fsp3) is 0.529. The van der Waals surface area contributed by atoms with Crippen molar-refractivity contribution >= 4 is 11.5 Å². The molecule has 2 aromatic carbocycles. The van der Waals surface area contributed by atoms with Crippen LogP contribution in [0.15, 0.2) is 47.9 Å². The molecule has 0 heterocycles. The molecule has 0 N–H and O–H groups in total. The van der Waals surface area contributed by atoms with E-state index in [9.17, 15) is 0 Å². The zero-order valence-electron chi connectivity index (χ0n) is 25.5. The second-order valence-corrected chi connectivity index (χ2v) is 10.1. The largest absolute Gasteiger partial charge is 0.494 e. The highest BCUT2D eigenvalue weighted by Crippen LogP contribution is 2.57. The molecule has 0 spiro atoms. The Labute approximate surface area is 240 Å². The molecule has 0 aliphatic heterocycles. The second-order valence-electron chi connectivity index (χ2n) is 10.1. The van der Waals surface area contributed by atoms with Crippen LogP contribution >= 0.6 is 0 Å². The molecule has 218 valence electrons. The van der Waals surface area contributed by atoms with Gasteiger partial charge in [-0.25, -0.2) is 0 Å². The quantitative estimate of drug-likeness (QED) is 0.223. The molecule has 0 radical (unpaired) electrons. The maximum absolute atomic E-state index is 6.40. The van der Waals surface area contributed by atoms with E-state index in [-0.39, 0.29) is 23.7 Å². The van der Waals surface area contributed by atoms with E-state index in [0.717, 1.165) is 45.7 Å². The lowest BCUT2D eigenvalue weighted by Crippen LogP contribution is -2.25. The summed E-state index contributed by atoms with van der Waals surface area (Å²) in [6, 6.07) is 12.6. The van der Waals surface area contributed by atoms with Crippen LogP contribution in [0.2, 0.25) is 0 Å². The number of benzene rings is 2. The van der Waals surface area contributed by atoms with Crippen LogP contribution in [0, 0.1) is 11.8 Å². The summed E-state index contributed by atoms with van der Waals surface area (Å²) in [5.41, 5.74) is 4.40. The minimum absolute atomic E-state index is 0.00412. The van der Waals surface area contributed by atoms with Crippen LogP contribution in [-0.4, -0.2) is 39.6 Å². The van der Waals surface area contributed by atoms with E-state index in [1.165, 1.54) is 11.1 Å². The summed E-state index contributed by atoms with van der Waals surface area (Å²) in [6.45, 7) is 20.1. The molecule has 2 aromatic rings. The molecule has 6 nitrogen and oxygen atoms in total. The molecular weight excluding hydrogens is 504 g/mol. The van der Waals surface area contributed by atoms with Gasteiger partial charge in [0.2, 0.25) is 0 Å². The molecule has 4 atom stereocenters. The fourth-order valence-corrected chi connectivity index (χ4v) is 6.31. The van der Waals surface area contributed by atoms with Gasteiger partial charge in [-0.05, 0) is 76.6 Å². The third-order valence-corrected chi connectivity index (χ3v) is 7.91. The molecule has 2 aliphatic rings. The van der Waals surface area contributed by atoms with E-state index in [1.54, 1.807) is 0 Å². The predicted molar refractivity (Wildman–Crippen MR) is 159 cm³/mol. The summed E-state index contributed by atoms with van der Waals surface area (Å²) in [5.74, 6) is 5.39. The first-order valence-corrected chi connectivity index (χ1v) is 15.0. The van der Waals surface area contributed by atoms with Crippen LogP contribution in [-0.2, 0) is 18.9 Å². The molecule has 0 fully saturated rings. The molecule has 6 heteroatoms. The molecule has 2 aliphatic carbocycles. The normalized spacial score (nSPS) is 19.2. The highest BCUT2D eigenvalue weighted by Gasteiger charge is 2.46. The van der Waals surface area contributed by atoms with Gasteiger partial charge in [0.15, 0.2) is 11.5 Å². The van der Waals surface area contributed by atoms with E-state index in [2.05, 4.69) is 38.1 Å². The number of fused-ring (bicyclic) bond motifs is 2. The number of hydrogen-bond donors (Lipinski definition) is 0. The number of hydrogen-bond acceptors (Lipinski definition) is 6. The van der Waals surface area contributed by atoms with Gasteiger partial charge in [0.05, 0.1) is 50.8 Å². The first-order chi connectivity index (χ1) is 19.5. The maximum atomic E-state index is 6.40. The highest BCUT2D eigenvalue weighted by molar-refractivity contribution is 5.79. The first kappa shape index (κ1) is 29.7. The van der Waals surface area contributed by atoms with Crippen LogP contribution < -0.4 is 9.47 Å². The SMILES string of the molecule is CCOC1=C(OCC)C(C(C)C(C)C2C(OCC)=C(OCC)c3c(OCC)cccc32)c2cccc(OCC)c21. The molecular formula is C34H46O6. The van der Waals surface area contributed by atoms with E-state index in [1.807, 2.05) is 53.7 Å². The van der Waals surface area contributed by atoms with Gasteiger partial charge in [-0.2, -0.15) is 0 Å². The third kappa shape index (κ3) is 5.25. The average Bonchev–Trinajstić information content (AvgIpc) is 3.42. The van der Waals surface area contributed by atoms with Gasteiger partial charge in [-0.1, -0.05) is 38.1 Å². The molecule has 0 saturated heterocycles. The van der Waals surface area contributed by atoms with Gasteiger partial charge in [-0.3, -0.25) is 0 Å². The van der Waals surface area contributed by atoms with Crippen molar-refractivity contribution in [3.63, 3.8) is 0 Å². The summed E-state index contributed by atoms with van der Waals surface area (Å²) < 4.78 is 37.5. The Balaban J connectivity index is 1.86. The van der Waals surface area contributed by atoms with Crippen molar-refractivity contribution in [3.05, 3.63) is 70.2 Å². The van der Waals surface area contributed by atoms with E-state index in [4.69, 9.17) is 28.4 Å². The second kappa shape index (κ2) is 13.4. The van der Waals surface area contributed by atoms with Crippen molar-refractivity contribution in [3.8, 4) is 11.5 Å². The van der Waals surface area contributed by atoms with Crippen LogP contribution in [0.1, 0.15) is 89.5 Å². The van der Waals surface area contributed by atoms with Crippen LogP contribution in [0.4, 0.5) is 0 Å². The molecule has 40 heavy (non-hydrogen) atoms. The average molecular weight is 551 g/mol. The van der Waals surface area contributed by atoms with Crippen molar-refractivity contribution in [2.45, 2.75) is 67.2 Å². The monoisotopic (exact) mass is 550 g/mol. The smallest absolute Gasteiger partial charge is 0.168 e. The highest BCUT2D eigenvalue weighted by atomic mass is 16.5. The fourth-order valence-electron chi connectivity index (χ4n) is 6.31. The zero-order chi connectivity index (χ0) is 28.8. The minimum Gasteiger partial charge on any atom is -0.494 e. The van der Waals surface area contributed by atoms with Gasteiger partial charge in [-0.15, -0.1) is 0 Å². The van der Waals surface area contributed by atoms with E-state index < -0.39 is 0 Å². The molecule has 4 rings (SSSR count). The Hall–Kier alpha value is -3.28. The van der Waals surface area contributed by atoms with Gasteiger partial charge in [0, 0.05) is 11.8 Å². The summed E-state index contributed by atoms with van der Waals surface area (Å²) in [6.07, 6.45) is 0. The minimum atomic E-state index is 0.00412. The summed E-state index contributed by atoms with van der Waals surface area (Å²) in [7, 11) is 0. The Kier molecular flexibility index (Phi) is 9.94. The Bertz CT molecular complexity index is 1130. The summed E-state index contributed by atoms with van der Waals surface area (Å²) >= 11 is 0. The molecule has 0 aromatic heterocycles. The summed E-state index contributed by atoms with van der Waals surface area (Å²) in [5, 5.41) is 0. The van der Waals surface area contributed by atoms with Crippen molar-refractivity contribution in [1.82, 2.24) is 0 Å². The molecule has 0 bridgehead atoms. The Morgan fingerprint density at radius 1 is 0.500 bits per heavy atom. The van der Waals surface area contributed by atoms with Gasteiger partial charge < -0.3 is 28.4 Å². The standard InChI is InChI=1S/C34H46O6/c1-9-35-25-19-15-17-23-27(31(37-11-3)33(29(23)25)39-13-5)21(7)22(8)28-24-18-16-20-26(36-10-2)30(24)34(40-14-6)32(28)38-12-4/h15-22,27-28H,9-14H2,1-8H3. The van der Waals surface area contributed by atoms with E-state index in [0.29, 0.717) is 39.6 Å². The van der Waals surface area contributed by atoms with Gasteiger partial charge >= 0.3 is 0 Å². The topological polar surface area (TPSA) is 55.4 Å². The lowest BCUT2D eigenvalue weighted by atomic mass is 9.73. The number of ether oxygens (including phenoxy) is 6. The lowest BCUT2D eigenvalue weighted by molar-refractivity contribution is 0.147. The summed E-state index contributed by atoms with van der Waals surface area (Å²) in [4.78, 5) is 0. The zero-order valence-corrected chi connectivity index (χ0v) is 25.5. The number of allylic oxidation sites excluding steroid dienone is 2. The van der Waals surface area contributed by atoms with E-state index >= 15 is 0 Å². The molecule has 0 saturated carbocycles. The first-order valence-electron chi connectivity index (χ1n) is 15.0.